The molecular formula is C22H24ClN3O6. The summed E-state index contributed by atoms with van der Waals surface area (Å²) in [5, 5.41) is 3.22. The number of imide groups is 1. The lowest BCUT2D eigenvalue weighted by Gasteiger charge is -2.21. The summed E-state index contributed by atoms with van der Waals surface area (Å²) in [5.74, 6) is 0.0726. The molecule has 0 saturated carbocycles. The van der Waals surface area contributed by atoms with Crippen LogP contribution >= 0.6 is 11.6 Å². The molecule has 3 rings (SSSR count). The second-order valence-electron chi connectivity index (χ2n) is 6.99. The van der Waals surface area contributed by atoms with Crippen molar-refractivity contribution in [1.82, 2.24) is 4.90 Å². The van der Waals surface area contributed by atoms with Crippen LogP contribution in [-0.4, -0.2) is 63.3 Å². The van der Waals surface area contributed by atoms with Gasteiger partial charge in [0.2, 0.25) is 5.91 Å². The normalized spacial score (nSPS) is 15.8. The largest absolute Gasteiger partial charge is 0.497 e. The molecule has 0 radical (unpaired) electrons. The first-order valence-corrected chi connectivity index (χ1v) is 10.2. The highest BCUT2D eigenvalue weighted by molar-refractivity contribution is 6.30. The number of carbonyl (C=O) groups is 3. The van der Waals surface area contributed by atoms with E-state index >= 15 is 0 Å². The molecule has 0 aliphatic carbocycles. The van der Waals surface area contributed by atoms with Gasteiger partial charge in [-0.25, -0.2) is 9.69 Å². The number of urea groups is 1. The molecule has 0 aromatic heterocycles. The number of carbonyl (C=O) groups excluding carboxylic acids is 3. The Morgan fingerprint density at radius 1 is 1.03 bits per heavy atom. The quantitative estimate of drug-likeness (QED) is 0.576. The van der Waals surface area contributed by atoms with Crippen LogP contribution in [0, 0.1) is 0 Å². The second kappa shape index (κ2) is 10.3. The molecule has 2 aromatic rings. The summed E-state index contributed by atoms with van der Waals surface area (Å²) in [6.45, 7) is 0.384. The maximum Gasteiger partial charge on any atom is 0.332 e. The Labute approximate surface area is 190 Å². The maximum atomic E-state index is 13.1. The van der Waals surface area contributed by atoms with Crippen molar-refractivity contribution in [2.75, 3.05) is 44.7 Å². The van der Waals surface area contributed by atoms with Crippen LogP contribution in [0.15, 0.2) is 42.5 Å². The van der Waals surface area contributed by atoms with E-state index < -0.39 is 23.9 Å². The van der Waals surface area contributed by atoms with Crippen LogP contribution in [0.5, 0.6) is 11.5 Å². The molecule has 0 spiro atoms. The number of halogens is 1. The van der Waals surface area contributed by atoms with E-state index in [9.17, 15) is 14.4 Å². The topological polar surface area (TPSA) is 97.4 Å². The summed E-state index contributed by atoms with van der Waals surface area (Å²) in [6.07, 6.45) is -0.224. The molecule has 4 amide bonds. The van der Waals surface area contributed by atoms with Gasteiger partial charge < -0.3 is 24.4 Å². The van der Waals surface area contributed by atoms with E-state index in [4.69, 9.17) is 25.8 Å². The van der Waals surface area contributed by atoms with Gasteiger partial charge >= 0.3 is 6.03 Å². The Morgan fingerprint density at radius 2 is 1.66 bits per heavy atom. The second-order valence-corrected chi connectivity index (χ2v) is 7.42. The molecule has 1 aliphatic heterocycles. The fraction of sp³-hybridized carbons (Fsp3) is 0.318. The maximum absolute atomic E-state index is 13.1. The van der Waals surface area contributed by atoms with E-state index in [1.54, 1.807) is 42.5 Å². The van der Waals surface area contributed by atoms with Gasteiger partial charge in [0.1, 0.15) is 17.5 Å². The summed E-state index contributed by atoms with van der Waals surface area (Å²) in [4.78, 5) is 41.3. The number of nitrogens with one attached hydrogen (secondary N) is 1. The molecule has 1 fully saturated rings. The minimum absolute atomic E-state index is 0.163. The standard InChI is InChI=1S/C22H24ClN3O6/c1-30-9-8-25-19(21(28)26(22(25)29)16-6-4-14(23)5-7-16)13-20(27)24-15-10-17(31-2)12-18(11-15)32-3/h4-7,10-12,19H,8-9,13H2,1-3H3,(H,24,27)/t19-/m1/s1. The Hall–Kier alpha value is -3.30. The van der Waals surface area contributed by atoms with Gasteiger partial charge in [-0.15, -0.1) is 0 Å². The zero-order valence-electron chi connectivity index (χ0n) is 18.0. The van der Waals surface area contributed by atoms with E-state index in [2.05, 4.69) is 5.32 Å². The van der Waals surface area contributed by atoms with Crippen LogP contribution in [-0.2, 0) is 14.3 Å². The number of anilines is 2. The van der Waals surface area contributed by atoms with Crippen LogP contribution in [0.2, 0.25) is 5.02 Å². The third-order valence-electron chi connectivity index (χ3n) is 4.95. The van der Waals surface area contributed by atoms with Crippen LogP contribution in [0.25, 0.3) is 0 Å². The lowest BCUT2D eigenvalue weighted by Crippen LogP contribution is -2.39. The van der Waals surface area contributed by atoms with Crippen molar-refractivity contribution in [3.05, 3.63) is 47.5 Å². The molecule has 10 heteroatoms. The van der Waals surface area contributed by atoms with Crippen molar-refractivity contribution < 1.29 is 28.6 Å². The average Bonchev–Trinajstić information content (AvgIpc) is 3.01. The summed E-state index contributed by atoms with van der Waals surface area (Å²) in [7, 11) is 4.50. The minimum atomic E-state index is -0.971. The first kappa shape index (κ1) is 23.4. The summed E-state index contributed by atoms with van der Waals surface area (Å²) >= 11 is 5.92. The third-order valence-corrected chi connectivity index (χ3v) is 5.21. The van der Waals surface area contributed by atoms with Crippen molar-refractivity contribution >= 4 is 40.8 Å². The van der Waals surface area contributed by atoms with Crippen molar-refractivity contribution in [3.8, 4) is 11.5 Å². The highest BCUT2D eigenvalue weighted by Gasteiger charge is 2.46. The number of hydrogen-bond acceptors (Lipinski definition) is 6. The predicted octanol–water partition coefficient (Wildman–Crippen LogP) is 3.17. The SMILES string of the molecule is COCCN1C(=O)N(c2ccc(Cl)cc2)C(=O)[C@H]1CC(=O)Nc1cc(OC)cc(OC)c1. The molecular weight excluding hydrogens is 438 g/mol. The molecule has 1 saturated heterocycles. The monoisotopic (exact) mass is 461 g/mol. The van der Waals surface area contributed by atoms with E-state index in [0.29, 0.717) is 27.9 Å². The lowest BCUT2D eigenvalue weighted by atomic mass is 10.1. The number of methoxy groups -OCH3 is 3. The van der Waals surface area contributed by atoms with Crippen LogP contribution in [0.1, 0.15) is 6.42 Å². The van der Waals surface area contributed by atoms with E-state index in [0.717, 1.165) is 4.90 Å². The summed E-state index contributed by atoms with van der Waals surface area (Å²) < 4.78 is 15.5. The summed E-state index contributed by atoms with van der Waals surface area (Å²) in [6, 6.07) is 9.78. The smallest absolute Gasteiger partial charge is 0.332 e. The van der Waals surface area contributed by atoms with Gasteiger partial charge in [0.25, 0.3) is 5.91 Å². The van der Waals surface area contributed by atoms with Gasteiger partial charge in [-0.05, 0) is 24.3 Å². The van der Waals surface area contributed by atoms with E-state index in [1.807, 2.05) is 0 Å². The fourth-order valence-corrected chi connectivity index (χ4v) is 3.50. The molecule has 170 valence electrons. The Bertz CT molecular complexity index is 975. The molecule has 9 nitrogen and oxygen atoms in total. The minimum Gasteiger partial charge on any atom is -0.497 e. The first-order chi connectivity index (χ1) is 15.4. The van der Waals surface area contributed by atoms with E-state index in [-0.39, 0.29) is 19.6 Å². The Balaban J connectivity index is 1.81. The lowest BCUT2D eigenvalue weighted by molar-refractivity contribution is -0.124. The molecule has 0 unspecified atom stereocenters. The Kier molecular flexibility index (Phi) is 7.55. The van der Waals surface area contributed by atoms with E-state index in [1.165, 1.54) is 26.2 Å². The molecule has 1 N–H and O–H groups in total. The van der Waals surface area contributed by atoms with Crippen LogP contribution in [0.3, 0.4) is 0 Å². The van der Waals surface area contributed by atoms with Crippen LogP contribution in [0.4, 0.5) is 16.2 Å². The number of benzene rings is 2. The molecule has 0 bridgehead atoms. The molecule has 32 heavy (non-hydrogen) atoms. The third kappa shape index (κ3) is 5.12. The zero-order chi connectivity index (χ0) is 23.3. The summed E-state index contributed by atoms with van der Waals surface area (Å²) in [5.41, 5.74) is 0.827. The van der Waals surface area contributed by atoms with Crippen molar-refractivity contribution in [2.45, 2.75) is 12.5 Å². The van der Waals surface area contributed by atoms with Gasteiger partial charge in [-0.3, -0.25) is 9.59 Å². The highest BCUT2D eigenvalue weighted by atomic mass is 35.5. The van der Waals surface area contributed by atoms with Crippen molar-refractivity contribution in [2.24, 2.45) is 0 Å². The number of rotatable bonds is 9. The van der Waals surface area contributed by atoms with Gasteiger partial charge in [0, 0.05) is 42.6 Å². The van der Waals surface area contributed by atoms with Gasteiger partial charge in [0.15, 0.2) is 0 Å². The molecule has 1 atom stereocenters. The Morgan fingerprint density at radius 3 is 2.22 bits per heavy atom. The molecule has 1 aliphatic rings. The highest BCUT2D eigenvalue weighted by Crippen LogP contribution is 2.29. The number of nitrogens with zero attached hydrogens (tertiary/aromatic N) is 2. The number of ether oxygens (including phenoxy) is 3. The average molecular weight is 462 g/mol. The predicted molar refractivity (Wildman–Crippen MR) is 119 cm³/mol. The van der Waals surface area contributed by atoms with Gasteiger partial charge in [-0.1, -0.05) is 11.6 Å². The first-order valence-electron chi connectivity index (χ1n) is 9.80. The zero-order valence-corrected chi connectivity index (χ0v) is 18.7. The van der Waals surface area contributed by atoms with Crippen molar-refractivity contribution in [3.63, 3.8) is 0 Å². The fourth-order valence-electron chi connectivity index (χ4n) is 3.37. The number of hydrogen-bond donors (Lipinski definition) is 1. The molecule has 2 aromatic carbocycles. The van der Waals surface area contributed by atoms with Crippen molar-refractivity contribution in [1.29, 1.82) is 0 Å². The van der Waals surface area contributed by atoms with Gasteiger partial charge in [-0.2, -0.15) is 0 Å². The van der Waals surface area contributed by atoms with Crippen LogP contribution < -0.4 is 19.7 Å². The number of amides is 4. The molecule has 1 heterocycles. The van der Waals surface area contributed by atoms with Gasteiger partial charge in [0.05, 0.1) is 32.9 Å².